The number of aromatic nitrogens is 2. The molecule has 3 aromatic rings. The summed E-state index contributed by atoms with van der Waals surface area (Å²) >= 11 is 0. The molecule has 0 saturated heterocycles. The van der Waals surface area contributed by atoms with Crippen LogP contribution in [0, 0.1) is 6.92 Å². The van der Waals surface area contributed by atoms with Gasteiger partial charge in [0.05, 0.1) is 0 Å². The van der Waals surface area contributed by atoms with Gasteiger partial charge in [0, 0.05) is 12.6 Å². The molecule has 1 aromatic carbocycles. The molecule has 0 radical (unpaired) electrons. The predicted molar refractivity (Wildman–Crippen MR) is 83.5 cm³/mol. The molecule has 0 unspecified atom stereocenters. The summed E-state index contributed by atoms with van der Waals surface area (Å²) < 4.78 is 5.50. The fourth-order valence-corrected chi connectivity index (χ4v) is 2.20. The van der Waals surface area contributed by atoms with Gasteiger partial charge in [-0.1, -0.05) is 30.3 Å². The van der Waals surface area contributed by atoms with Crippen LogP contribution in [0.15, 0.2) is 52.9 Å². The van der Waals surface area contributed by atoms with E-state index in [1.54, 1.807) is 6.07 Å². The van der Waals surface area contributed by atoms with E-state index < -0.39 is 0 Å². The van der Waals surface area contributed by atoms with Gasteiger partial charge in [-0.2, -0.15) is 5.10 Å². The lowest BCUT2D eigenvalue weighted by atomic mass is 10.1. The van der Waals surface area contributed by atoms with Gasteiger partial charge in [-0.25, -0.2) is 0 Å². The molecule has 2 aromatic heterocycles. The van der Waals surface area contributed by atoms with E-state index in [0.717, 1.165) is 12.2 Å². The van der Waals surface area contributed by atoms with Crippen LogP contribution in [0.3, 0.4) is 0 Å². The molecule has 0 fully saturated rings. The van der Waals surface area contributed by atoms with Gasteiger partial charge in [0.1, 0.15) is 11.5 Å². The van der Waals surface area contributed by atoms with Gasteiger partial charge >= 0.3 is 0 Å². The van der Waals surface area contributed by atoms with Crippen LogP contribution in [-0.4, -0.2) is 22.6 Å². The van der Waals surface area contributed by atoms with E-state index in [4.69, 9.17) is 4.42 Å². The Bertz CT molecular complexity index is 759. The van der Waals surface area contributed by atoms with Gasteiger partial charge in [0.2, 0.25) is 0 Å². The van der Waals surface area contributed by atoms with E-state index in [-0.39, 0.29) is 5.91 Å². The molecule has 5 nitrogen and oxygen atoms in total. The molecule has 0 bridgehead atoms. The van der Waals surface area contributed by atoms with Gasteiger partial charge in [-0.15, -0.1) is 0 Å². The van der Waals surface area contributed by atoms with Gasteiger partial charge < -0.3 is 9.73 Å². The van der Waals surface area contributed by atoms with Crippen LogP contribution in [0.1, 0.15) is 21.8 Å². The zero-order valence-corrected chi connectivity index (χ0v) is 12.3. The van der Waals surface area contributed by atoms with Crippen molar-refractivity contribution < 1.29 is 9.21 Å². The number of aromatic amines is 1. The van der Waals surface area contributed by atoms with Crippen molar-refractivity contribution in [3.05, 3.63) is 65.5 Å². The predicted octanol–water partition coefficient (Wildman–Crippen LogP) is 2.95. The molecule has 0 saturated carbocycles. The third kappa shape index (κ3) is 3.25. The summed E-state index contributed by atoms with van der Waals surface area (Å²) in [6.07, 6.45) is 0.793. The average Bonchev–Trinajstić information content (AvgIpc) is 3.17. The number of benzene rings is 1. The Labute approximate surface area is 128 Å². The SMILES string of the molecule is Cc1ccc(-c2cc(C(=O)NCCc3ccccc3)n[nH]2)o1. The Kier molecular flexibility index (Phi) is 4.05. The van der Waals surface area contributed by atoms with E-state index >= 15 is 0 Å². The maximum atomic E-state index is 12.1. The number of nitrogens with zero attached hydrogens (tertiary/aromatic N) is 1. The number of furan rings is 1. The number of carbonyl (C=O) groups excluding carboxylic acids is 1. The van der Waals surface area contributed by atoms with Crippen LogP contribution in [0.4, 0.5) is 0 Å². The Morgan fingerprint density at radius 2 is 2.05 bits per heavy atom. The molecule has 5 heteroatoms. The van der Waals surface area contributed by atoms with Crippen molar-refractivity contribution in [3.63, 3.8) is 0 Å². The van der Waals surface area contributed by atoms with Crippen molar-refractivity contribution >= 4 is 5.91 Å². The van der Waals surface area contributed by atoms with Gasteiger partial charge in [-0.3, -0.25) is 9.89 Å². The summed E-state index contributed by atoms with van der Waals surface area (Å²) in [6.45, 7) is 2.45. The lowest BCUT2D eigenvalue weighted by molar-refractivity contribution is 0.0949. The molecule has 1 amide bonds. The first-order chi connectivity index (χ1) is 10.7. The molecular formula is C17H17N3O2. The second kappa shape index (κ2) is 6.30. The van der Waals surface area contributed by atoms with Crippen LogP contribution in [0.25, 0.3) is 11.5 Å². The van der Waals surface area contributed by atoms with Crippen molar-refractivity contribution in [1.82, 2.24) is 15.5 Å². The number of amides is 1. The lowest BCUT2D eigenvalue weighted by Crippen LogP contribution is -2.25. The highest BCUT2D eigenvalue weighted by Gasteiger charge is 2.12. The highest BCUT2D eigenvalue weighted by atomic mass is 16.3. The van der Waals surface area contributed by atoms with Crippen molar-refractivity contribution in [2.24, 2.45) is 0 Å². The third-order valence-electron chi connectivity index (χ3n) is 3.36. The van der Waals surface area contributed by atoms with Gasteiger partial charge in [0.15, 0.2) is 11.5 Å². The van der Waals surface area contributed by atoms with E-state index in [9.17, 15) is 4.79 Å². The van der Waals surface area contributed by atoms with Gasteiger partial charge in [-0.05, 0) is 31.0 Å². The van der Waals surface area contributed by atoms with Crippen LogP contribution in [-0.2, 0) is 6.42 Å². The molecule has 0 spiro atoms. The Morgan fingerprint density at radius 3 is 2.77 bits per heavy atom. The van der Waals surface area contributed by atoms with E-state index in [2.05, 4.69) is 15.5 Å². The van der Waals surface area contributed by atoms with Crippen molar-refractivity contribution in [3.8, 4) is 11.5 Å². The molecule has 0 atom stereocenters. The smallest absolute Gasteiger partial charge is 0.271 e. The highest BCUT2D eigenvalue weighted by molar-refractivity contribution is 5.93. The Morgan fingerprint density at radius 1 is 1.23 bits per heavy atom. The molecule has 0 aliphatic rings. The van der Waals surface area contributed by atoms with Gasteiger partial charge in [0.25, 0.3) is 5.91 Å². The first-order valence-corrected chi connectivity index (χ1v) is 7.17. The number of carbonyl (C=O) groups is 1. The minimum Gasteiger partial charge on any atom is -0.460 e. The molecule has 2 N–H and O–H groups in total. The summed E-state index contributed by atoms with van der Waals surface area (Å²) in [4.78, 5) is 12.1. The second-order valence-corrected chi connectivity index (χ2v) is 5.07. The van der Waals surface area contributed by atoms with Crippen molar-refractivity contribution in [1.29, 1.82) is 0 Å². The first-order valence-electron chi connectivity index (χ1n) is 7.17. The fraction of sp³-hybridized carbons (Fsp3) is 0.176. The van der Waals surface area contributed by atoms with Crippen LogP contribution in [0.2, 0.25) is 0 Å². The number of hydrogen-bond acceptors (Lipinski definition) is 3. The lowest BCUT2D eigenvalue weighted by Gasteiger charge is -2.03. The maximum Gasteiger partial charge on any atom is 0.271 e. The summed E-state index contributed by atoms with van der Waals surface area (Å²) in [6, 6.07) is 15.4. The molecular weight excluding hydrogens is 278 g/mol. The molecule has 2 heterocycles. The number of hydrogen-bond donors (Lipinski definition) is 2. The zero-order chi connectivity index (χ0) is 15.4. The molecule has 22 heavy (non-hydrogen) atoms. The third-order valence-corrected chi connectivity index (χ3v) is 3.36. The summed E-state index contributed by atoms with van der Waals surface area (Å²) in [5, 5.41) is 9.72. The van der Waals surface area contributed by atoms with Crippen LogP contribution in [0.5, 0.6) is 0 Å². The van der Waals surface area contributed by atoms with E-state index in [1.807, 2.05) is 49.4 Å². The Hall–Kier alpha value is -2.82. The van der Waals surface area contributed by atoms with Crippen molar-refractivity contribution in [2.75, 3.05) is 6.54 Å². The molecule has 0 aliphatic carbocycles. The molecule has 112 valence electrons. The van der Waals surface area contributed by atoms with Crippen LogP contribution >= 0.6 is 0 Å². The van der Waals surface area contributed by atoms with E-state index in [0.29, 0.717) is 23.7 Å². The summed E-state index contributed by atoms with van der Waals surface area (Å²) in [7, 11) is 0. The quantitative estimate of drug-likeness (QED) is 0.760. The van der Waals surface area contributed by atoms with Crippen molar-refractivity contribution in [2.45, 2.75) is 13.3 Å². The minimum absolute atomic E-state index is 0.193. The molecule has 3 rings (SSSR count). The highest BCUT2D eigenvalue weighted by Crippen LogP contribution is 2.20. The largest absolute Gasteiger partial charge is 0.460 e. The number of H-pyrrole nitrogens is 1. The minimum atomic E-state index is -0.193. The van der Waals surface area contributed by atoms with Crippen LogP contribution < -0.4 is 5.32 Å². The first kappa shape index (κ1) is 14.1. The monoisotopic (exact) mass is 295 g/mol. The fourth-order valence-electron chi connectivity index (χ4n) is 2.20. The number of aryl methyl sites for hydroxylation is 1. The topological polar surface area (TPSA) is 70.9 Å². The number of rotatable bonds is 5. The van der Waals surface area contributed by atoms with E-state index in [1.165, 1.54) is 5.56 Å². The average molecular weight is 295 g/mol. The second-order valence-electron chi connectivity index (χ2n) is 5.07. The number of nitrogens with one attached hydrogen (secondary N) is 2. The summed E-state index contributed by atoms with van der Waals surface area (Å²) in [5.41, 5.74) is 2.25. The zero-order valence-electron chi connectivity index (χ0n) is 12.3. The molecule has 0 aliphatic heterocycles. The summed E-state index contributed by atoms with van der Waals surface area (Å²) in [5.74, 6) is 1.30. The normalized spacial score (nSPS) is 10.6. The standard InChI is InChI=1S/C17H17N3O2/c1-12-7-8-16(22-12)14-11-15(20-19-14)17(21)18-10-9-13-5-3-2-4-6-13/h2-8,11H,9-10H2,1H3,(H,18,21)(H,19,20). The maximum absolute atomic E-state index is 12.1. The Balaban J connectivity index is 1.58.